The van der Waals surface area contributed by atoms with Crippen LogP contribution in [0.3, 0.4) is 0 Å². The van der Waals surface area contributed by atoms with E-state index in [-0.39, 0.29) is 34.3 Å². The Bertz CT molecular complexity index is 2980. The molecule has 63 heavy (non-hydrogen) atoms. The highest BCUT2D eigenvalue weighted by molar-refractivity contribution is 6.99. The van der Waals surface area contributed by atoms with Crippen molar-refractivity contribution in [1.82, 2.24) is 0 Å². The van der Waals surface area contributed by atoms with Gasteiger partial charge in [-0.2, -0.15) is 0 Å². The SMILES string of the molecule is Cc1cc2c3c(c1)N(c1ccc4c(c1)C(C)(C)CCC4(C)C)c1cc4c(cc1B3c1cc(-c3ccccc3)ccc1C2c1cc(-c2ccccc2)ccc1C)C(C)(C)CCC4(C)C. The molecule has 1 nitrogen and oxygen atoms in total. The Morgan fingerprint density at radius 2 is 0.984 bits per heavy atom. The minimum absolute atomic E-state index is 0.0676. The van der Waals surface area contributed by atoms with Gasteiger partial charge in [0.2, 0.25) is 6.71 Å². The third-order valence-electron chi connectivity index (χ3n) is 16.3. The number of aryl methyl sites for hydroxylation is 2. The third kappa shape index (κ3) is 6.25. The van der Waals surface area contributed by atoms with Crippen LogP contribution in [-0.4, -0.2) is 6.71 Å². The Hall–Kier alpha value is -5.60. The summed E-state index contributed by atoms with van der Waals surface area (Å²) < 4.78 is 0. The van der Waals surface area contributed by atoms with Crippen molar-refractivity contribution in [3.05, 3.63) is 190 Å². The van der Waals surface area contributed by atoms with E-state index in [1.54, 1.807) is 0 Å². The molecule has 0 fully saturated rings. The van der Waals surface area contributed by atoms with Gasteiger partial charge in [0, 0.05) is 23.0 Å². The van der Waals surface area contributed by atoms with E-state index in [1.165, 1.54) is 131 Å². The van der Waals surface area contributed by atoms with Gasteiger partial charge in [-0.25, -0.2) is 0 Å². The Labute approximate surface area is 377 Å². The molecule has 4 aliphatic rings. The molecule has 0 N–H and O–H groups in total. The second-order valence-electron chi connectivity index (χ2n) is 22.4. The lowest BCUT2D eigenvalue weighted by Gasteiger charge is -2.47. The average molecular weight is 820 g/mol. The van der Waals surface area contributed by atoms with Gasteiger partial charge in [-0.3, -0.25) is 0 Å². The number of hydrogen-bond acceptors (Lipinski definition) is 1. The lowest BCUT2D eigenvalue weighted by molar-refractivity contribution is 0.332. The van der Waals surface area contributed by atoms with Gasteiger partial charge >= 0.3 is 0 Å². The van der Waals surface area contributed by atoms with Gasteiger partial charge < -0.3 is 4.90 Å². The second kappa shape index (κ2) is 14.0. The summed E-state index contributed by atoms with van der Waals surface area (Å²) in [6.07, 6.45) is 4.77. The van der Waals surface area contributed by atoms with Crippen LogP contribution >= 0.6 is 0 Å². The van der Waals surface area contributed by atoms with Crippen molar-refractivity contribution < 1.29 is 0 Å². The molecule has 11 rings (SSSR count). The Morgan fingerprint density at radius 3 is 1.62 bits per heavy atom. The first-order valence-electron chi connectivity index (χ1n) is 23.7. The average Bonchev–Trinajstić information content (AvgIpc) is 3.27. The first-order chi connectivity index (χ1) is 30.0. The Balaban J connectivity index is 1.25. The van der Waals surface area contributed by atoms with E-state index in [0.29, 0.717) is 0 Å². The maximum Gasteiger partial charge on any atom is 0.247 e. The van der Waals surface area contributed by atoms with Crippen LogP contribution in [0.5, 0.6) is 0 Å². The van der Waals surface area contributed by atoms with Crippen molar-refractivity contribution in [3.63, 3.8) is 0 Å². The van der Waals surface area contributed by atoms with Gasteiger partial charge in [-0.1, -0.05) is 170 Å². The summed E-state index contributed by atoms with van der Waals surface area (Å²) in [6.45, 7) is 24.5. The second-order valence-corrected chi connectivity index (χ2v) is 22.4. The van der Waals surface area contributed by atoms with Crippen LogP contribution < -0.4 is 21.3 Å². The van der Waals surface area contributed by atoms with Crippen LogP contribution in [0.15, 0.2) is 140 Å². The minimum atomic E-state index is 0.0676. The van der Waals surface area contributed by atoms with Crippen molar-refractivity contribution in [2.45, 2.75) is 122 Å². The first-order valence-corrected chi connectivity index (χ1v) is 23.7. The smallest absolute Gasteiger partial charge is 0.247 e. The molecule has 0 amide bonds. The zero-order valence-electron chi connectivity index (χ0n) is 39.2. The molecule has 0 radical (unpaired) electrons. The summed E-state index contributed by atoms with van der Waals surface area (Å²) >= 11 is 0. The fourth-order valence-electron chi connectivity index (χ4n) is 12.4. The molecule has 0 aromatic heterocycles. The first kappa shape index (κ1) is 40.2. The molecule has 1 atom stereocenters. The largest absolute Gasteiger partial charge is 0.311 e. The van der Waals surface area contributed by atoms with Crippen LogP contribution in [0.4, 0.5) is 17.1 Å². The molecule has 2 heterocycles. The van der Waals surface area contributed by atoms with E-state index >= 15 is 0 Å². The Kier molecular flexibility index (Phi) is 8.90. The summed E-state index contributed by atoms with van der Waals surface area (Å²) in [5.41, 5.74) is 26.7. The minimum Gasteiger partial charge on any atom is -0.311 e. The van der Waals surface area contributed by atoms with E-state index in [2.05, 4.69) is 214 Å². The lowest BCUT2D eigenvalue weighted by atomic mass is 9.30. The van der Waals surface area contributed by atoms with Crippen molar-refractivity contribution in [2.75, 3.05) is 4.90 Å². The summed E-state index contributed by atoms with van der Waals surface area (Å²) in [5.74, 6) is 0.0676. The van der Waals surface area contributed by atoms with Crippen LogP contribution in [0.25, 0.3) is 22.3 Å². The predicted molar refractivity (Wildman–Crippen MR) is 271 cm³/mol. The van der Waals surface area contributed by atoms with Crippen molar-refractivity contribution in [1.29, 1.82) is 0 Å². The molecule has 2 aliphatic heterocycles. The van der Waals surface area contributed by atoms with E-state index < -0.39 is 0 Å². The van der Waals surface area contributed by atoms with Crippen molar-refractivity contribution in [2.24, 2.45) is 0 Å². The third-order valence-corrected chi connectivity index (χ3v) is 16.3. The monoisotopic (exact) mass is 819 g/mol. The number of fused-ring (bicyclic) bond motifs is 6. The highest BCUT2D eigenvalue weighted by atomic mass is 15.2. The zero-order valence-corrected chi connectivity index (χ0v) is 39.2. The van der Waals surface area contributed by atoms with Gasteiger partial charge in [0.05, 0.1) is 0 Å². The van der Waals surface area contributed by atoms with Crippen LogP contribution in [-0.2, 0) is 21.7 Å². The molecule has 7 aromatic carbocycles. The Morgan fingerprint density at radius 1 is 0.429 bits per heavy atom. The fraction of sp³-hybridized carbons (Fsp3) is 0.311. The molecular weight excluding hydrogens is 757 g/mol. The summed E-state index contributed by atoms with van der Waals surface area (Å²) in [7, 11) is 0. The van der Waals surface area contributed by atoms with E-state index in [9.17, 15) is 0 Å². The number of benzene rings is 7. The van der Waals surface area contributed by atoms with Crippen LogP contribution in [0, 0.1) is 13.8 Å². The van der Waals surface area contributed by atoms with Crippen molar-refractivity contribution >= 4 is 40.2 Å². The zero-order chi connectivity index (χ0) is 43.8. The van der Waals surface area contributed by atoms with Crippen LogP contribution in [0.1, 0.15) is 137 Å². The van der Waals surface area contributed by atoms with E-state index in [4.69, 9.17) is 0 Å². The normalized spacial score (nSPS) is 19.3. The van der Waals surface area contributed by atoms with E-state index in [0.717, 1.165) is 0 Å². The molecule has 0 spiro atoms. The highest BCUT2D eigenvalue weighted by Crippen LogP contribution is 2.52. The molecule has 0 bridgehead atoms. The van der Waals surface area contributed by atoms with Crippen LogP contribution in [0.2, 0.25) is 0 Å². The molecule has 0 saturated heterocycles. The molecule has 1 unspecified atom stereocenters. The molecular formula is C61H62BN. The van der Waals surface area contributed by atoms with Crippen molar-refractivity contribution in [3.8, 4) is 22.3 Å². The van der Waals surface area contributed by atoms with E-state index in [1.807, 2.05) is 0 Å². The molecule has 7 aromatic rings. The summed E-state index contributed by atoms with van der Waals surface area (Å²) in [4.78, 5) is 2.71. The number of nitrogens with zero attached hydrogens (tertiary/aromatic N) is 1. The maximum atomic E-state index is 2.71. The van der Waals surface area contributed by atoms with Gasteiger partial charge in [0.25, 0.3) is 0 Å². The molecule has 0 saturated carbocycles. The van der Waals surface area contributed by atoms with Gasteiger partial charge in [0.1, 0.15) is 0 Å². The number of rotatable bonds is 4. The molecule has 2 aliphatic carbocycles. The quantitative estimate of drug-likeness (QED) is 0.160. The lowest BCUT2D eigenvalue weighted by Crippen LogP contribution is -2.62. The predicted octanol–water partition coefficient (Wildman–Crippen LogP) is 14.1. The van der Waals surface area contributed by atoms with Gasteiger partial charge in [0.15, 0.2) is 0 Å². The fourth-order valence-corrected chi connectivity index (χ4v) is 12.4. The number of hydrogen-bond donors (Lipinski definition) is 0. The molecule has 314 valence electrons. The standard InChI is InChI=1S/C61H62BN/c1-38-31-47-56(46-33-42(22-21-39(46)2)40-17-13-11-14-18-40)45-25-23-43(41-19-15-12-16-20-41)34-52(45)62-53-36-50-51(61(9,10)30-29-60(50,7)8)37-54(53)63(55(32-38)57(47)62)44-24-26-48-49(35-44)59(5,6)28-27-58(48,3)4/h11-26,31-37,56H,27-30H2,1-10H3. The summed E-state index contributed by atoms with van der Waals surface area (Å²) in [6, 6.07) is 54.6. The summed E-state index contributed by atoms with van der Waals surface area (Å²) in [5, 5.41) is 0. The number of anilines is 3. The van der Waals surface area contributed by atoms with Gasteiger partial charge in [-0.05, 0) is 175 Å². The van der Waals surface area contributed by atoms with Gasteiger partial charge in [-0.15, -0.1) is 0 Å². The maximum absolute atomic E-state index is 2.71. The highest BCUT2D eigenvalue weighted by Gasteiger charge is 2.47. The topological polar surface area (TPSA) is 3.24 Å². The molecule has 2 heteroatoms.